The van der Waals surface area contributed by atoms with Crippen LogP contribution in [0.4, 0.5) is 5.69 Å². The number of anilines is 1. The molecule has 1 aromatic heterocycles. The van der Waals surface area contributed by atoms with Crippen molar-refractivity contribution < 1.29 is 23.4 Å². The van der Waals surface area contributed by atoms with E-state index in [0.29, 0.717) is 28.7 Å². The minimum Gasteiger partial charge on any atom is -0.497 e. The van der Waals surface area contributed by atoms with Crippen molar-refractivity contribution in [2.75, 3.05) is 26.6 Å². The van der Waals surface area contributed by atoms with Gasteiger partial charge >= 0.3 is 0 Å². The Labute approximate surface area is 186 Å². The first-order valence-corrected chi connectivity index (χ1v) is 10.8. The molecule has 3 rings (SSSR count). The van der Waals surface area contributed by atoms with Crippen molar-refractivity contribution in [3.8, 4) is 17.2 Å². The third-order valence-corrected chi connectivity index (χ3v) is 5.92. The second-order valence-electron chi connectivity index (χ2n) is 6.72. The maximum atomic E-state index is 12.9. The SMILES string of the molecule is CCc1ccc(OC)cc1Sc1ccc(C(=O)Nc2c(CC)cc(OC)cc2OC)o1. The molecule has 0 unspecified atom stereocenters. The molecule has 31 heavy (non-hydrogen) atoms. The van der Waals surface area contributed by atoms with Crippen LogP contribution in [0.3, 0.4) is 0 Å². The van der Waals surface area contributed by atoms with Gasteiger partial charge in [-0.1, -0.05) is 31.7 Å². The molecule has 0 bridgehead atoms. The maximum absolute atomic E-state index is 12.9. The third kappa shape index (κ3) is 5.17. The summed E-state index contributed by atoms with van der Waals surface area (Å²) < 4.78 is 21.9. The van der Waals surface area contributed by atoms with E-state index in [1.807, 2.05) is 31.2 Å². The molecule has 0 saturated heterocycles. The van der Waals surface area contributed by atoms with Gasteiger partial charge < -0.3 is 23.9 Å². The van der Waals surface area contributed by atoms with E-state index >= 15 is 0 Å². The van der Waals surface area contributed by atoms with Crippen molar-refractivity contribution in [1.29, 1.82) is 0 Å². The number of ether oxygens (including phenoxy) is 3. The van der Waals surface area contributed by atoms with Crippen molar-refractivity contribution in [2.45, 2.75) is 36.7 Å². The lowest BCUT2D eigenvalue weighted by Gasteiger charge is -2.15. The van der Waals surface area contributed by atoms with Gasteiger partial charge in [0.05, 0.1) is 27.0 Å². The van der Waals surface area contributed by atoms with Crippen LogP contribution in [-0.4, -0.2) is 27.2 Å². The van der Waals surface area contributed by atoms with E-state index < -0.39 is 0 Å². The Morgan fingerprint density at radius 2 is 1.65 bits per heavy atom. The predicted octanol–water partition coefficient (Wildman–Crippen LogP) is 5.83. The average Bonchev–Trinajstić information content (AvgIpc) is 3.27. The van der Waals surface area contributed by atoms with Gasteiger partial charge in [0.15, 0.2) is 10.9 Å². The number of rotatable bonds is 9. The number of hydrogen-bond acceptors (Lipinski definition) is 6. The molecule has 2 aromatic carbocycles. The summed E-state index contributed by atoms with van der Waals surface area (Å²) in [5.74, 6) is 1.88. The van der Waals surface area contributed by atoms with Gasteiger partial charge in [0.2, 0.25) is 0 Å². The summed E-state index contributed by atoms with van der Waals surface area (Å²) in [5, 5.41) is 3.55. The number of nitrogens with one attached hydrogen (secondary N) is 1. The highest BCUT2D eigenvalue weighted by atomic mass is 32.2. The van der Waals surface area contributed by atoms with Crippen molar-refractivity contribution in [1.82, 2.24) is 0 Å². The summed E-state index contributed by atoms with van der Waals surface area (Å²) in [4.78, 5) is 13.9. The van der Waals surface area contributed by atoms with Crippen molar-refractivity contribution in [2.24, 2.45) is 0 Å². The Morgan fingerprint density at radius 3 is 2.29 bits per heavy atom. The Balaban J connectivity index is 1.82. The standard InChI is InChI=1S/C24H27NO5S/c1-6-15-8-9-17(27-3)14-21(15)31-22-11-10-19(30-22)24(26)25-23-16(7-2)12-18(28-4)13-20(23)29-5/h8-14H,6-7H2,1-5H3,(H,25,26). The van der Waals surface area contributed by atoms with Crippen LogP contribution < -0.4 is 19.5 Å². The van der Waals surface area contributed by atoms with Crippen molar-refractivity contribution in [3.05, 3.63) is 59.4 Å². The quantitative estimate of drug-likeness (QED) is 0.450. The molecule has 0 spiro atoms. The first-order valence-electron chi connectivity index (χ1n) is 10.0. The van der Waals surface area contributed by atoms with E-state index in [-0.39, 0.29) is 11.7 Å². The lowest BCUT2D eigenvalue weighted by Crippen LogP contribution is -2.13. The summed E-state index contributed by atoms with van der Waals surface area (Å²) >= 11 is 1.47. The largest absolute Gasteiger partial charge is 0.497 e. The topological polar surface area (TPSA) is 69.9 Å². The normalized spacial score (nSPS) is 10.6. The summed E-state index contributed by atoms with van der Waals surface area (Å²) in [6.07, 6.45) is 1.59. The number of aryl methyl sites for hydroxylation is 2. The fraction of sp³-hybridized carbons (Fsp3) is 0.292. The fourth-order valence-corrected chi connectivity index (χ4v) is 4.18. The minimum absolute atomic E-state index is 0.225. The van der Waals surface area contributed by atoms with Crippen LogP contribution in [-0.2, 0) is 12.8 Å². The number of carbonyl (C=O) groups excluding carboxylic acids is 1. The number of benzene rings is 2. The van der Waals surface area contributed by atoms with Crippen LogP contribution in [0.25, 0.3) is 0 Å². The Hall–Kier alpha value is -3.06. The molecule has 0 fully saturated rings. The van der Waals surface area contributed by atoms with E-state index in [4.69, 9.17) is 18.6 Å². The number of furan rings is 1. The molecule has 0 saturated carbocycles. The van der Waals surface area contributed by atoms with Crippen LogP contribution in [0.2, 0.25) is 0 Å². The van der Waals surface area contributed by atoms with Gasteiger partial charge in [0.1, 0.15) is 17.2 Å². The maximum Gasteiger partial charge on any atom is 0.291 e. The van der Waals surface area contributed by atoms with Gasteiger partial charge in [0.25, 0.3) is 5.91 Å². The third-order valence-electron chi connectivity index (χ3n) is 4.90. The van der Waals surface area contributed by atoms with Crippen LogP contribution in [0.15, 0.2) is 56.9 Å². The lowest BCUT2D eigenvalue weighted by molar-refractivity contribution is 0.0991. The molecule has 1 N–H and O–H groups in total. The van der Waals surface area contributed by atoms with Gasteiger partial charge in [-0.25, -0.2) is 0 Å². The zero-order valence-electron chi connectivity index (χ0n) is 18.4. The smallest absolute Gasteiger partial charge is 0.291 e. The van der Waals surface area contributed by atoms with Crippen LogP contribution in [0.1, 0.15) is 35.5 Å². The molecule has 0 radical (unpaired) electrons. The molecule has 164 valence electrons. The van der Waals surface area contributed by atoms with Gasteiger partial charge in [-0.05, 0) is 54.3 Å². The first-order chi connectivity index (χ1) is 15.0. The van der Waals surface area contributed by atoms with Gasteiger partial charge in [-0.15, -0.1) is 0 Å². The fourth-order valence-electron chi connectivity index (χ4n) is 3.17. The van der Waals surface area contributed by atoms with E-state index in [2.05, 4.69) is 12.2 Å². The van der Waals surface area contributed by atoms with E-state index in [9.17, 15) is 4.79 Å². The molecule has 0 aliphatic rings. The number of carbonyl (C=O) groups is 1. The highest BCUT2D eigenvalue weighted by Crippen LogP contribution is 2.36. The lowest BCUT2D eigenvalue weighted by atomic mass is 10.1. The summed E-state index contributed by atoms with van der Waals surface area (Å²) in [6.45, 7) is 4.10. The molecule has 0 atom stereocenters. The van der Waals surface area contributed by atoms with Crippen molar-refractivity contribution >= 4 is 23.4 Å². The summed E-state index contributed by atoms with van der Waals surface area (Å²) in [7, 11) is 4.80. The van der Waals surface area contributed by atoms with Crippen molar-refractivity contribution in [3.63, 3.8) is 0 Å². The van der Waals surface area contributed by atoms with Crippen LogP contribution >= 0.6 is 11.8 Å². The van der Waals surface area contributed by atoms with E-state index in [1.54, 1.807) is 39.5 Å². The zero-order chi connectivity index (χ0) is 22.4. The summed E-state index contributed by atoms with van der Waals surface area (Å²) in [6, 6.07) is 13.1. The zero-order valence-corrected chi connectivity index (χ0v) is 19.2. The Kier molecular flexibility index (Phi) is 7.52. The molecular formula is C24H27NO5S. The number of hydrogen-bond donors (Lipinski definition) is 1. The molecule has 1 heterocycles. The van der Waals surface area contributed by atoms with Gasteiger partial charge in [-0.2, -0.15) is 0 Å². The second kappa shape index (κ2) is 10.3. The average molecular weight is 442 g/mol. The monoisotopic (exact) mass is 441 g/mol. The molecule has 6 nitrogen and oxygen atoms in total. The van der Waals surface area contributed by atoms with E-state index in [1.165, 1.54) is 17.3 Å². The molecular weight excluding hydrogens is 414 g/mol. The first kappa shape index (κ1) is 22.6. The predicted molar refractivity (Wildman–Crippen MR) is 122 cm³/mol. The molecule has 3 aromatic rings. The molecule has 7 heteroatoms. The number of amides is 1. The highest BCUT2D eigenvalue weighted by Gasteiger charge is 2.18. The van der Waals surface area contributed by atoms with Gasteiger partial charge in [-0.3, -0.25) is 4.79 Å². The number of methoxy groups -OCH3 is 3. The van der Waals surface area contributed by atoms with Crippen LogP contribution in [0, 0.1) is 0 Å². The Morgan fingerprint density at radius 1 is 0.903 bits per heavy atom. The van der Waals surface area contributed by atoms with Gasteiger partial charge in [0, 0.05) is 11.0 Å². The van der Waals surface area contributed by atoms with Crippen LogP contribution in [0.5, 0.6) is 17.2 Å². The van der Waals surface area contributed by atoms with E-state index in [0.717, 1.165) is 22.6 Å². The summed E-state index contributed by atoms with van der Waals surface area (Å²) in [5.41, 5.74) is 2.71. The molecule has 1 amide bonds. The highest BCUT2D eigenvalue weighted by molar-refractivity contribution is 7.99. The molecule has 0 aliphatic carbocycles. The molecule has 0 aliphatic heterocycles. The Bertz CT molecular complexity index is 1030. The second-order valence-corrected chi connectivity index (χ2v) is 7.77. The minimum atomic E-state index is -0.341.